The Morgan fingerprint density at radius 1 is 1.25 bits per heavy atom. The van der Waals surface area contributed by atoms with Gasteiger partial charge in [-0.2, -0.15) is 13.2 Å². The number of carbonyl (C=O) groups is 1. The lowest BCUT2D eigenvalue weighted by atomic mass is 10.2. The van der Waals surface area contributed by atoms with E-state index in [1.54, 1.807) is 12.1 Å². The Labute approximate surface area is 123 Å². The fraction of sp³-hybridized carbons (Fsp3) is 0.462. The van der Waals surface area contributed by atoms with Crippen molar-refractivity contribution in [3.63, 3.8) is 0 Å². The molecule has 112 valence electrons. The van der Waals surface area contributed by atoms with E-state index in [-0.39, 0.29) is 17.3 Å². The van der Waals surface area contributed by atoms with Crippen LogP contribution in [0.5, 0.6) is 5.75 Å². The standard InChI is InChI=1S/C13H15BrF3NO2/c14-8-4-3-7-12(19)18-10-5-1-2-6-11(10)20-9-13(15,16)17/h1-2,5-6H,3-4,7-9H2,(H,18,19). The zero-order valence-corrected chi connectivity index (χ0v) is 12.3. The zero-order chi connectivity index (χ0) is 15.0. The Hall–Kier alpha value is -1.24. The molecule has 0 heterocycles. The van der Waals surface area contributed by atoms with Crippen LogP contribution in [0.25, 0.3) is 0 Å². The van der Waals surface area contributed by atoms with Gasteiger partial charge in [-0.1, -0.05) is 28.1 Å². The van der Waals surface area contributed by atoms with E-state index in [1.807, 2.05) is 0 Å². The third-order valence-electron chi connectivity index (χ3n) is 2.34. The summed E-state index contributed by atoms with van der Waals surface area (Å²) in [6.45, 7) is -1.39. The number of para-hydroxylation sites is 2. The van der Waals surface area contributed by atoms with Crippen molar-refractivity contribution in [1.82, 2.24) is 0 Å². The van der Waals surface area contributed by atoms with Gasteiger partial charge in [0.1, 0.15) is 5.75 Å². The minimum absolute atomic E-state index is 0.0127. The van der Waals surface area contributed by atoms with Crippen LogP contribution in [0.1, 0.15) is 19.3 Å². The fourth-order valence-corrected chi connectivity index (χ4v) is 1.84. The van der Waals surface area contributed by atoms with Crippen molar-refractivity contribution in [2.24, 2.45) is 0 Å². The molecule has 7 heteroatoms. The van der Waals surface area contributed by atoms with Gasteiger partial charge in [0.05, 0.1) is 5.69 Å². The Bertz CT molecular complexity index is 438. The summed E-state index contributed by atoms with van der Waals surface area (Å²) in [5.74, 6) is -0.229. The Balaban J connectivity index is 2.58. The monoisotopic (exact) mass is 353 g/mol. The zero-order valence-electron chi connectivity index (χ0n) is 10.7. The molecular weight excluding hydrogens is 339 g/mol. The molecular formula is C13H15BrF3NO2. The van der Waals surface area contributed by atoms with Gasteiger partial charge in [-0.25, -0.2) is 0 Å². The maximum Gasteiger partial charge on any atom is 0.422 e. The predicted molar refractivity (Wildman–Crippen MR) is 74.3 cm³/mol. The highest BCUT2D eigenvalue weighted by molar-refractivity contribution is 9.09. The Kier molecular flexibility index (Phi) is 6.84. The lowest BCUT2D eigenvalue weighted by molar-refractivity contribution is -0.153. The van der Waals surface area contributed by atoms with E-state index in [0.29, 0.717) is 12.8 Å². The fourth-order valence-electron chi connectivity index (χ4n) is 1.45. The lowest BCUT2D eigenvalue weighted by Gasteiger charge is -2.13. The molecule has 1 amide bonds. The first kappa shape index (κ1) is 16.8. The van der Waals surface area contributed by atoms with E-state index in [1.165, 1.54) is 12.1 Å². The number of hydrogen-bond acceptors (Lipinski definition) is 2. The third kappa shape index (κ3) is 6.79. The normalized spacial score (nSPS) is 11.2. The molecule has 0 aliphatic carbocycles. The number of rotatable bonds is 7. The van der Waals surface area contributed by atoms with Gasteiger partial charge in [0.25, 0.3) is 0 Å². The minimum atomic E-state index is -4.41. The second-order valence-electron chi connectivity index (χ2n) is 4.09. The highest BCUT2D eigenvalue weighted by Gasteiger charge is 2.28. The maximum atomic E-state index is 12.1. The summed E-state index contributed by atoms with van der Waals surface area (Å²) in [4.78, 5) is 11.6. The molecule has 0 fully saturated rings. The van der Waals surface area contributed by atoms with Crippen molar-refractivity contribution in [2.75, 3.05) is 17.3 Å². The molecule has 3 nitrogen and oxygen atoms in total. The molecule has 0 unspecified atom stereocenters. The summed E-state index contributed by atoms with van der Waals surface area (Å²) in [5.41, 5.74) is 0.251. The molecule has 0 atom stereocenters. The largest absolute Gasteiger partial charge is 0.482 e. The van der Waals surface area contributed by atoms with E-state index in [4.69, 9.17) is 0 Å². The summed E-state index contributed by atoms with van der Waals surface area (Å²) >= 11 is 3.26. The summed E-state index contributed by atoms with van der Waals surface area (Å²) in [6, 6.07) is 6.06. The van der Waals surface area contributed by atoms with Gasteiger partial charge >= 0.3 is 6.18 Å². The summed E-state index contributed by atoms with van der Waals surface area (Å²) in [5, 5.41) is 3.37. The average molecular weight is 354 g/mol. The highest BCUT2D eigenvalue weighted by Crippen LogP contribution is 2.26. The SMILES string of the molecule is O=C(CCCCBr)Nc1ccccc1OCC(F)(F)F. The van der Waals surface area contributed by atoms with E-state index in [0.717, 1.165) is 11.8 Å². The van der Waals surface area contributed by atoms with Crippen LogP contribution < -0.4 is 10.1 Å². The molecule has 0 saturated carbocycles. The number of anilines is 1. The molecule has 0 spiro atoms. The van der Waals surface area contributed by atoms with Gasteiger partial charge in [0.15, 0.2) is 6.61 Å². The first-order chi connectivity index (χ1) is 9.42. The van der Waals surface area contributed by atoms with Crippen LogP contribution in [-0.2, 0) is 4.79 Å². The molecule has 1 aromatic carbocycles. The van der Waals surface area contributed by atoms with Crippen LogP contribution in [0.2, 0.25) is 0 Å². The predicted octanol–water partition coefficient (Wildman–Crippen LogP) is 4.13. The lowest BCUT2D eigenvalue weighted by Crippen LogP contribution is -2.20. The van der Waals surface area contributed by atoms with Crippen molar-refractivity contribution in [1.29, 1.82) is 0 Å². The Morgan fingerprint density at radius 3 is 2.60 bits per heavy atom. The molecule has 0 aliphatic heterocycles. The summed E-state index contributed by atoms with van der Waals surface area (Å²) in [7, 11) is 0. The maximum absolute atomic E-state index is 12.1. The molecule has 20 heavy (non-hydrogen) atoms. The number of ether oxygens (including phenoxy) is 1. The van der Waals surface area contributed by atoms with Crippen molar-refractivity contribution >= 4 is 27.5 Å². The topological polar surface area (TPSA) is 38.3 Å². The van der Waals surface area contributed by atoms with Crippen LogP contribution in [-0.4, -0.2) is 24.0 Å². The van der Waals surface area contributed by atoms with Crippen LogP contribution >= 0.6 is 15.9 Å². The van der Waals surface area contributed by atoms with Gasteiger partial charge in [-0.3, -0.25) is 4.79 Å². The number of unbranched alkanes of at least 4 members (excludes halogenated alkanes) is 1. The second kappa shape index (κ2) is 8.14. The summed E-state index contributed by atoms with van der Waals surface area (Å²) < 4.78 is 41.1. The number of alkyl halides is 4. The number of nitrogens with one attached hydrogen (secondary N) is 1. The highest BCUT2D eigenvalue weighted by atomic mass is 79.9. The van der Waals surface area contributed by atoms with Gasteiger partial charge in [-0.05, 0) is 25.0 Å². The van der Waals surface area contributed by atoms with Crippen molar-refractivity contribution < 1.29 is 22.7 Å². The number of carbonyl (C=O) groups excluding carboxylic acids is 1. The van der Waals surface area contributed by atoms with E-state index >= 15 is 0 Å². The third-order valence-corrected chi connectivity index (χ3v) is 2.90. The van der Waals surface area contributed by atoms with Gasteiger partial charge in [-0.15, -0.1) is 0 Å². The van der Waals surface area contributed by atoms with E-state index in [9.17, 15) is 18.0 Å². The van der Waals surface area contributed by atoms with Crippen molar-refractivity contribution in [3.05, 3.63) is 24.3 Å². The number of amides is 1. The van der Waals surface area contributed by atoms with Crippen LogP contribution in [0.15, 0.2) is 24.3 Å². The molecule has 0 aliphatic rings. The molecule has 1 N–H and O–H groups in total. The quantitative estimate of drug-likeness (QED) is 0.591. The molecule has 1 aromatic rings. The van der Waals surface area contributed by atoms with E-state index < -0.39 is 12.8 Å². The average Bonchev–Trinajstić information content (AvgIpc) is 2.37. The van der Waals surface area contributed by atoms with Gasteiger partial charge in [0.2, 0.25) is 5.91 Å². The minimum Gasteiger partial charge on any atom is -0.482 e. The molecule has 1 rings (SSSR count). The first-order valence-electron chi connectivity index (χ1n) is 6.07. The molecule has 0 radical (unpaired) electrons. The van der Waals surface area contributed by atoms with Crippen LogP contribution in [0, 0.1) is 0 Å². The van der Waals surface area contributed by atoms with Gasteiger partial charge < -0.3 is 10.1 Å². The number of benzene rings is 1. The molecule has 0 aromatic heterocycles. The van der Waals surface area contributed by atoms with Crippen molar-refractivity contribution in [3.8, 4) is 5.75 Å². The van der Waals surface area contributed by atoms with Gasteiger partial charge in [0, 0.05) is 11.8 Å². The smallest absolute Gasteiger partial charge is 0.422 e. The molecule has 0 bridgehead atoms. The van der Waals surface area contributed by atoms with Crippen LogP contribution in [0.4, 0.5) is 18.9 Å². The second-order valence-corrected chi connectivity index (χ2v) is 4.89. The van der Waals surface area contributed by atoms with Crippen molar-refractivity contribution in [2.45, 2.75) is 25.4 Å². The summed E-state index contributed by atoms with van der Waals surface area (Å²) in [6.07, 6.45) is -2.52. The van der Waals surface area contributed by atoms with E-state index in [2.05, 4.69) is 26.0 Å². The number of hydrogen-bond donors (Lipinski definition) is 1. The first-order valence-corrected chi connectivity index (χ1v) is 7.19. The molecule has 0 saturated heterocycles. The van der Waals surface area contributed by atoms with Crippen LogP contribution in [0.3, 0.4) is 0 Å². The number of halogens is 4. The Morgan fingerprint density at radius 2 is 1.95 bits per heavy atom.